The van der Waals surface area contributed by atoms with E-state index in [0.29, 0.717) is 5.69 Å². The van der Waals surface area contributed by atoms with Gasteiger partial charge in [0.1, 0.15) is 5.02 Å². The molecule has 0 radical (unpaired) electrons. The highest BCUT2D eigenvalue weighted by atomic mass is 79.9. The van der Waals surface area contributed by atoms with Crippen LogP contribution in [0.3, 0.4) is 0 Å². The summed E-state index contributed by atoms with van der Waals surface area (Å²) in [5.41, 5.74) is 2.33. The molecule has 0 fully saturated rings. The van der Waals surface area contributed by atoms with Gasteiger partial charge in [-0.05, 0) is 24.6 Å². The number of aromatic nitrogens is 2. The van der Waals surface area contributed by atoms with Crippen molar-refractivity contribution in [2.45, 2.75) is 6.92 Å². The molecule has 0 amide bonds. The van der Waals surface area contributed by atoms with E-state index in [4.69, 9.17) is 16.7 Å². The van der Waals surface area contributed by atoms with E-state index < -0.39 is 5.97 Å². The van der Waals surface area contributed by atoms with Crippen LogP contribution in [-0.4, -0.2) is 20.9 Å². The van der Waals surface area contributed by atoms with Crippen LogP contribution in [0.2, 0.25) is 5.02 Å². The van der Waals surface area contributed by atoms with Crippen LogP contribution in [-0.2, 0) is 7.05 Å². The minimum atomic E-state index is -1.13. The highest BCUT2D eigenvalue weighted by molar-refractivity contribution is 9.10. The van der Waals surface area contributed by atoms with E-state index in [1.165, 1.54) is 4.68 Å². The number of aromatic carboxylic acids is 1. The fourth-order valence-electron chi connectivity index (χ4n) is 1.78. The van der Waals surface area contributed by atoms with Crippen molar-refractivity contribution in [3.05, 3.63) is 39.0 Å². The molecule has 6 heteroatoms. The van der Waals surface area contributed by atoms with E-state index in [0.717, 1.165) is 15.6 Å². The second-order valence-electron chi connectivity index (χ2n) is 3.90. The SMILES string of the molecule is Cc1ccc(Br)cc1-c1c(Cl)c(C(=O)O)nn1C. The highest BCUT2D eigenvalue weighted by Crippen LogP contribution is 2.33. The predicted molar refractivity (Wildman–Crippen MR) is 73.1 cm³/mol. The van der Waals surface area contributed by atoms with Crippen LogP contribution >= 0.6 is 27.5 Å². The summed E-state index contributed by atoms with van der Waals surface area (Å²) in [7, 11) is 1.67. The Morgan fingerprint density at radius 3 is 2.72 bits per heavy atom. The molecule has 0 aliphatic carbocycles. The van der Waals surface area contributed by atoms with Gasteiger partial charge in [-0.2, -0.15) is 5.10 Å². The van der Waals surface area contributed by atoms with Gasteiger partial charge in [0, 0.05) is 17.1 Å². The zero-order valence-corrected chi connectivity index (χ0v) is 12.1. The van der Waals surface area contributed by atoms with Crippen LogP contribution in [0.5, 0.6) is 0 Å². The van der Waals surface area contributed by atoms with Crippen molar-refractivity contribution in [2.24, 2.45) is 7.05 Å². The molecule has 0 saturated heterocycles. The number of hydrogen-bond donors (Lipinski definition) is 1. The fraction of sp³-hybridized carbons (Fsp3) is 0.167. The van der Waals surface area contributed by atoms with Gasteiger partial charge in [-0.3, -0.25) is 4.68 Å². The molecule has 1 aromatic heterocycles. The molecule has 0 aliphatic rings. The maximum atomic E-state index is 11.0. The van der Waals surface area contributed by atoms with Crippen molar-refractivity contribution < 1.29 is 9.90 Å². The predicted octanol–water partition coefficient (Wildman–Crippen LogP) is 3.51. The summed E-state index contributed by atoms with van der Waals surface area (Å²) in [6.45, 7) is 1.94. The van der Waals surface area contributed by atoms with Crippen LogP contribution in [0.1, 0.15) is 16.1 Å². The van der Waals surface area contributed by atoms with Gasteiger partial charge < -0.3 is 5.11 Å². The number of benzene rings is 1. The molecule has 0 aliphatic heterocycles. The molecule has 0 unspecified atom stereocenters. The number of hydrogen-bond acceptors (Lipinski definition) is 2. The Bertz CT molecular complexity index is 637. The number of carbonyl (C=O) groups is 1. The van der Waals surface area contributed by atoms with E-state index in [2.05, 4.69) is 21.0 Å². The Labute approximate surface area is 117 Å². The number of nitrogens with zero attached hydrogens (tertiary/aromatic N) is 2. The summed E-state index contributed by atoms with van der Waals surface area (Å²) in [6.07, 6.45) is 0. The van der Waals surface area contributed by atoms with Gasteiger partial charge >= 0.3 is 5.97 Å². The lowest BCUT2D eigenvalue weighted by atomic mass is 10.1. The summed E-state index contributed by atoms with van der Waals surface area (Å²) in [6, 6.07) is 5.74. The Morgan fingerprint density at radius 1 is 1.50 bits per heavy atom. The summed E-state index contributed by atoms with van der Waals surface area (Å²) in [5, 5.41) is 13.1. The molecule has 2 rings (SSSR count). The minimum Gasteiger partial charge on any atom is -0.476 e. The molecule has 1 heterocycles. The van der Waals surface area contributed by atoms with E-state index in [1.54, 1.807) is 7.05 Å². The number of aryl methyl sites for hydroxylation is 2. The second kappa shape index (κ2) is 4.74. The van der Waals surface area contributed by atoms with Crippen LogP contribution in [0, 0.1) is 6.92 Å². The zero-order valence-electron chi connectivity index (χ0n) is 9.74. The molecule has 18 heavy (non-hydrogen) atoms. The van der Waals surface area contributed by atoms with Crippen molar-refractivity contribution in [3.63, 3.8) is 0 Å². The van der Waals surface area contributed by atoms with Crippen LogP contribution in [0.15, 0.2) is 22.7 Å². The Kier molecular flexibility index (Phi) is 3.45. The number of halogens is 2. The van der Waals surface area contributed by atoms with Gasteiger partial charge in [0.15, 0.2) is 5.69 Å². The van der Waals surface area contributed by atoms with Crippen LogP contribution < -0.4 is 0 Å². The first-order valence-electron chi connectivity index (χ1n) is 5.14. The molecule has 0 atom stereocenters. The molecule has 4 nitrogen and oxygen atoms in total. The van der Waals surface area contributed by atoms with E-state index in [9.17, 15) is 4.79 Å². The lowest BCUT2D eigenvalue weighted by Crippen LogP contribution is -1.99. The summed E-state index contributed by atoms with van der Waals surface area (Å²) in [5.74, 6) is -1.13. The fourth-order valence-corrected chi connectivity index (χ4v) is 2.48. The van der Waals surface area contributed by atoms with Crippen LogP contribution in [0.25, 0.3) is 11.3 Å². The first-order valence-corrected chi connectivity index (χ1v) is 6.31. The summed E-state index contributed by atoms with van der Waals surface area (Å²) >= 11 is 9.49. The molecular formula is C12H10BrClN2O2. The molecular weight excluding hydrogens is 320 g/mol. The van der Waals surface area contributed by atoms with Gasteiger partial charge in [0.25, 0.3) is 0 Å². The van der Waals surface area contributed by atoms with Crippen molar-refractivity contribution in [2.75, 3.05) is 0 Å². The maximum Gasteiger partial charge on any atom is 0.358 e. The standard InChI is InChI=1S/C12H10BrClN2O2/c1-6-3-4-7(13)5-8(6)11-9(14)10(12(17)18)15-16(11)2/h3-5H,1-2H3,(H,17,18). The number of rotatable bonds is 2. The van der Waals surface area contributed by atoms with Crippen molar-refractivity contribution in [3.8, 4) is 11.3 Å². The Balaban J connectivity index is 2.71. The van der Waals surface area contributed by atoms with Crippen molar-refractivity contribution in [1.82, 2.24) is 9.78 Å². The summed E-state index contributed by atoms with van der Waals surface area (Å²) in [4.78, 5) is 11.0. The first-order chi connectivity index (χ1) is 8.41. The van der Waals surface area contributed by atoms with E-state index >= 15 is 0 Å². The third-order valence-electron chi connectivity index (χ3n) is 2.65. The van der Waals surface area contributed by atoms with Gasteiger partial charge in [-0.1, -0.05) is 33.6 Å². The van der Waals surface area contributed by atoms with Gasteiger partial charge in [0.05, 0.1) is 5.69 Å². The first kappa shape index (κ1) is 13.1. The Morgan fingerprint density at radius 2 is 2.17 bits per heavy atom. The van der Waals surface area contributed by atoms with Gasteiger partial charge in [-0.25, -0.2) is 4.79 Å². The smallest absolute Gasteiger partial charge is 0.358 e. The monoisotopic (exact) mass is 328 g/mol. The molecule has 1 aromatic carbocycles. The molecule has 2 aromatic rings. The lowest BCUT2D eigenvalue weighted by molar-refractivity contribution is 0.0690. The second-order valence-corrected chi connectivity index (χ2v) is 5.19. The van der Waals surface area contributed by atoms with Crippen molar-refractivity contribution in [1.29, 1.82) is 0 Å². The highest BCUT2D eigenvalue weighted by Gasteiger charge is 2.21. The molecule has 94 valence electrons. The maximum absolute atomic E-state index is 11.0. The molecule has 0 bridgehead atoms. The molecule has 0 spiro atoms. The van der Waals surface area contributed by atoms with E-state index in [1.807, 2.05) is 25.1 Å². The lowest BCUT2D eigenvalue weighted by Gasteiger charge is -2.07. The number of carboxylic acid groups (broad SMARTS) is 1. The summed E-state index contributed by atoms with van der Waals surface area (Å²) < 4.78 is 2.39. The Hall–Kier alpha value is -1.33. The van der Waals surface area contributed by atoms with E-state index in [-0.39, 0.29) is 10.7 Å². The third-order valence-corrected chi connectivity index (χ3v) is 3.50. The zero-order chi connectivity index (χ0) is 13.4. The quantitative estimate of drug-likeness (QED) is 0.917. The molecule has 1 N–H and O–H groups in total. The van der Waals surface area contributed by atoms with Gasteiger partial charge in [0.2, 0.25) is 0 Å². The van der Waals surface area contributed by atoms with Crippen LogP contribution in [0.4, 0.5) is 0 Å². The average Bonchev–Trinajstić information content (AvgIpc) is 2.58. The van der Waals surface area contributed by atoms with Gasteiger partial charge in [-0.15, -0.1) is 0 Å². The topological polar surface area (TPSA) is 55.1 Å². The largest absolute Gasteiger partial charge is 0.476 e. The normalized spacial score (nSPS) is 10.7. The number of carboxylic acids is 1. The molecule has 0 saturated carbocycles. The average molecular weight is 330 g/mol. The minimum absolute atomic E-state index is 0.131. The third kappa shape index (κ3) is 2.15. The van der Waals surface area contributed by atoms with Crippen molar-refractivity contribution >= 4 is 33.5 Å².